The minimum absolute atomic E-state index is 0.184. The lowest BCUT2D eigenvalue weighted by Gasteiger charge is -2.24. The Morgan fingerprint density at radius 2 is 1.77 bits per heavy atom. The predicted octanol–water partition coefficient (Wildman–Crippen LogP) is 3.68. The van der Waals surface area contributed by atoms with Gasteiger partial charge < -0.3 is 5.32 Å². The molecule has 0 spiro atoms. The Hall–Kier alpha value is -2.05. The summed E-state index contributed by atoms with van der Waals surface area (Å²) in [6.45, 7) is 3.63. The number of amides is 1. The molecule has 0 fully saturated rings. The fourth-order valence-corrected chi connectivity index (χ4v) is 3.78. The van der Waals surface area contributed by atoms with Crippen molar-refractivity contribution >= 4 is 33.2 Å². The standard InChI is InChI=1S/C19H23ClN2O3S/c1-4-17(15-11-9-14(2)10-12-15)21-19(23)13-22(26(3,24)25)18-8-6-5-7-16(18)20/h5-12,17H,4,13H2,1-3H3,(H,21,23)/t17-/m0/s1. The fraction of sp³-hybridized carbons (Fsp3) is 0.316. The van der Waals surface area contributed by atoms with Gasteiger partial charge in [-0.05, 0) is 31.0 Å². The SMILES string of the molecule is CC[C@H](NC(=O)CN(c1ccccc1Cl)S(C)(=O)=O)c1ccc(C)cc1. The van der Waals surface area contributed by atoms with Crippen LogP contribution in [0.3, 0.4) is 0 Å². The monoisotopic (exact) mass is 394 g/mol. The largest absolute Gasteiger partial charge is 0.348 e. The Labute approximate surface area is 160 Å². The first kappa shape index (κ1) is 20.3. The molecule has 0 bridgehead atoms. The molecule has 0 radical (unpaired) electrons. The number of hydrogen-bond donors (Lipinski definition) is 1. The van der Waals surface area contributed by atoms with Crippen LogP contribution in [0.15, 0.2) is 48.5 Å². The Kier molecular flexibility index (Phi) is 6.67. The molecular formula is C19H23ClN2O3S. The van der Waals surface area contributed by atoms with Gasteiger partial charge in [-0.2, -0.15) is 0 Å². The quantitative estimate of drug-likeness (QED) is 0.778. The Balaban J connectivity index is 2.19. The molecule has 140 valence electrons. The highest BCUT2D eigenvalue weighted by Gasteiger charge is 2.24. The molecule has 2 aromatic carbocycles. The molecule has 0 aromatic heterocycles. The molecule has 26 heavy (non-hydrogen) atoms. The van der Waals surface area contributed by atoms with E-state index < -0.39 is 10.0 Å². The molecule has 2 aromatic rings. The molecular weight excluding hydrogens is 372 g/mol. The number of carbonyl (C=O) groups is 1. The van der Waals surface area contributed by atoms with Crippen molar-refractivity contribution < 1.29 is 13.2 Å². The summed E-state index contributed by atoms with van der Waals surface area (Å²) < 4.78 is 25.4. The van der Waals surface area contributed by atoms with E-state index in [-0.39, 0.29) is 29.2 Å². The van der Waals surface area contributed by atoms with E-state index >= 15 is 0 Å². The first-order valence-corrected chi connectivity index (χ1v) is 10.5. The summed E-state index contributed by atoms with van der Waals surface area (Å²) in [7, 11) is -3.66. The van der Waals surface area contributed by atoms with Gasteiger partial charge in [0.2, 0.25) is 15.9 Å². The zero-order chi connectivity index (χ0) is 19.3. The summed E-state index contributed by atoms with van der Waals surface area (Å²) in [6, 6.07) is 14.3. The van der Waals surface area contributed by atoms with Crippen molar-refractivity contribution in [2.45, 2.75) is 26.3 Å². The molecule has 2 rings (SSSR count). The number of hydrogen-bond acceptors (Lipinski definition) is 3. The van der Waals surface area contributed by atoms with Crippen molar-refractivity contribution in [3.63, 3.8) is 0 Å². The van der Waals surface area contributed by atoms with E-state index in [0.29, 0.717) is 6.42 Å². The van der Waals surface area contributed by atoms with Gasteiger partial charge in [-0.15, -0.1) is 0 Å². The van der Waals surface area contributed by atoms with Crippen molar-refractivity contribution in [1.29, 1.82) is 0 Å². The molecule has 0 aliphatic heterocycles. The Bertz CT molecular complexity index is 867. The number of aryl methyl sites for hydroxylation is 1. The van der Waals surface area contributed by atoms with Crippen molar-refractivity contribution in [3.05, 3.63) is 64.7 Å². The molecule has 1 N–H and O–H groups in total. The smallest absolute Gasteiger partial charge is 0.241 e. The molecule has 0 aliphatic rings. The van der Waals surface area contributed by atoms with Crippen molar-refractivity contribution in [2.24, 2.45) is 0 Å². The number of halogens is 1. The summed E-state index contributed by atoms with van der Waals surface area (Å²) in [6.07, 6.45) is 1.75. The zero-order valence-corrected chi connectivity index (χ0v) is 16.6. The Morgan fingerprint density at radius 1 is 1.15 bits per heavy atom. The molecule has 5 nitrogen and oxygen atoms in total. The lowest BCUT2D eigenvalue weighted by Crippen LogP contribution is -2.41. The van der Waals surface area contributed by atoms with Crippen LogP contribution in [0.5, 0.6) is 0 Å². The van der Waals surface area contributed by atoms with Crippen molar-refractivity contribution in [2.75, 3.05) is 17.1 Å². The summed E-state index contributed by atoms with van der Waals surface area (Å²) in [4.78, 5) is 12.5. The highest BCUT2D eigenvalue weighted by atomic mass is 35.5. The van der Waals surface area contributed by atoms with Crippen LogP contribution in [-0.2, 0) is 14.8 Å². The van der Waals surface area contributed by atoms with Gasteiger partial charge >= 0.3 is 0 Å². The number of para-hydroxylation sites is 1. The van der Waals surface area contributed by atoms with Crippen LogP contribution >= 0.6 is 11.6 Å². The fourth-order valence-electron chi connectivity index (χ4n) is 2.63. The summed E-state index contributed by atoms with van der Waals surface area (Å²) in [5.74, 6) is -0.386. The lowest BCUT2D eigenvalue weighted by atomic mass is 10.0. The zero-order valence-electron chi connectivity index (χ0n) is 15.1. The maximum Gasteiger partial charge on any atom is 0.241 e. The van der Waals surface area contributed by atoms with Gasteiger partial charge in [0.1, 0.15) is 6.54 Å². The first-order valence-electron chi connectivity index (χ1n) is 8.30. The number of nitrogens with one attached hydrogen (secondary N) is 1. The molecule has 0 unspecified atom stereocenters. The molecule has 0 saturated carbocycles. The summed E-state index contributed by atoms with van der Waals surface area (Å²) in [5.41, 5.74) is 2.40. The molecule has 0 heterocycles. The third-order valence-corrected chi connectivity index (χ3v) is 5.48. The van der Waals surface area contributed by atoms with Gasteiger partial charge in [0.15, 0.2) is 0 Å². The van der Waals surface area contributed by atoms with E-state index in [4.69, 9.17) is 11.6 Å². The topological polar surface area (TPSA) is 66.5 Å². The molecule has 1 amide bonds. The van der Waals surface area contributed by atoms with Gasteiger partial charge in [0.25, 0.3) is 0 Å². The summed E-state index contributed by atoms with van der Waals surface area (Å²) in [5, 5.41) is 3.18. The maximum atomic E-state index is 12.5. The first-order chi connectivity index (χ1) is 12.2. The average molecular weight is 395 g/mol. The highest BCUT2D eigenvalue weighted by molar-refractivity contribution is 7.92. The van der Waals surface area contributed by atoms with Gasteiger partial charge in [-0.1, -0.05) is 60.5 Å². The van der Waals surface area contributed by atoms with Crippen LogP contribution in [0.1, 0.15) is 30.5 Å². The van der Waals surface area contributed by atoms with Crippen LogP contribution < -0.4 is 9.62 Å². The van der Waals surface area contributed by atoms with E-state index in [0.717, 1.165) is 21.7 Å². The number of sulfonamides is 1. The number of rotatable bonds is 7. The van der Waals surface area contributed by atoms with Crippen LogP contribution in [0.25, 0.3) is 0 Å². The molecule has 1 atom stereocenters. The van der Waals surface area contributed by atoms with Crippen molar-refractivity contribution in [3.8, 4) is 0 Å². The second kappa shape index (κ2) is 8.56. The van der Waals surface area contributed by atoms with Gasteiger partial charge in [-0.25, -0.2) is 8.42 Å². The van der Waals surface area contributed by atoms with Crippen LogP contribution in [0.2, 0.25) is 5.02 Å². The van der Waals surface area contributed by atoms with Crippen molar-refractivity contribution in [1.82, 2.24) is 5.32 Å². The van der Waals surface area contributed by atoms with Crippen LogP contribution in [0, 0.1) is 6.92 Å². The second-order valence-electron chi connectivity index (χ2n) is 6.16. The van der Waals surface area contributed by atoms with Gasteiger partial charge in [0, 0.05) is 0 Å². The Morgan fingerprint density at radius 3 is 2.31 bits per heavy atom. The maximum absolute atomic E-state index is 12.5. The van der Waals surface area contributed by atoms with E-state index in [1.165, 1.54) is 0 Å². The van der Waals surface area contributed by atoms with Gasteiger partial charge in [-0.3, -0.25) is 9.10 Å². The average Bonchev–Trinajstić information content (AvgIpc) is 2.58. The third-order valence-electron chi connectivity index (χ3n) is 4.03. The van der Waals surface area contributed by atoms with E-state index in [1.807, 2.05) is 38.1 Å². The second-order valence-corrected chi connectivity index (χ2v) is 8.47. The minimum atomic E-state index is -3.66. The number of benzene rings is 2. The van der Waals surface area contributed by atoms with E-state index in [1.54, 1.807) is 24.3 Å². The lowest BCUT2D eigenvalue weighted by molar-refractivity contribution is -0.120. The van der Waals surface area contributed by atoms with E-state index in [9.17, 15) is 13.2 Å². The molecule has 0 saturated heterocycles. The number of anilines is 1. The van der Waals surface area contributed by atoms with Crippen LogP contribution in [-0.4, -0.2) is 27.1 Å². The highest BCUT2D eigenvalue weighted by Crippen LogP contribution is 2.27. The molecule has 7 heteroatoms. The summed E-state index contributed by atoms with van der Waals surface area (Å²) >= 11 is 6.11. The van der Waals surface area contributed by atoms with Crippen LogP contribution in [0.4, 0.5) is 5.69 Å². The van der Waals surface area contributed by atoms with Gasteiger partial charge in [0.05, 0.1) is 23.0 Å². The van der Waals surface area contributed by atoms with E-state index in [2.05, 4.69) is 5.32 Å². The molecule has 0 aliphatic carbocycles. The predicted molar refractivity (Wildman–Crippen MR) is 106 cm³/mol. The normalized spacial score (nSPS) is 12.5. The minimum Gasteiger partial charge on any atom is -0.348 e. The third kappa shape index (κ3) is 5.22. The number of carbonyl (C=O) groups excluding carboxylic acids is 1. The number of nitrogens with zero attached hydrogens (tertiary/aromatic N) is 1.